The zero-order chi connectivity index (χ0) is 23.9. The summed E-state index contributed by atoms with van der Waals surface area (Å²) in [5.74, 6) is -1.28. The molecular weight excluding hydrogens is 446 g/mol. The van der Waals surface area contributed by atoms with Crippen molar-refractivity contribution in [2.75, 3.05) is 34.8 Å². The first-order valence-corrected chi connectivity index (χ1v) is 11.1. The fourth-order valence-corrected chi connectivity index (χ4v) is 4.94. The molecule has 0 saturated carbocycles. The smallest absolute Gasteiger partial charge is 0.368 e. The minimum atomic E-state index is -4.45. The quantitative estimate of drug-likeness (QED) is 0.526. The van der Waals surface area contributed by atoms with Crippen LogP contribution in [0.15, 0.2) is 72.8 Å². The Morgan fingerprint density at radius 2 is 1.68 bits per heavy atom. The molecule has 2 atom stereocenters. The van der Waals surface area contributed by atoms with Crippen molar-refractivity contribution in [2.24, 2.45) is 5.92 Å². The first-order valence-electron chi connectivity index (χ1n) is 11.1. The van der Waals surface area contributed by atoms with Crippen LogP contribution in [0.2, 0.25) is 0 Å². The van der Waals surface area contributed by atoms with Gasteiger partial charge in [-0.15, -0.1) is 0 Å². The van der Waals surface area contributed by atoms with E-state index in [-0.39, 0.29) is 18.4 Å². The molecule has 1 N–H and O–H groups in total. The minimum absolute atomic E-state index is 0.191. The number of nitrogens with one attached hydrogen (secondary N) is 1. The lowest BCUT2D eigenvalue weighted by molar-refractivity contribution is -0.137. The fraction of sp³-hybridized carbons (Fsp3) is 0.269. The van der Waals surface area contributed by atoms with Crippen LogP contribution in [0.25, 0.3) is 0 Å². The molecule has 0 spiro atoms. The van der Waals surface area contributed by atoms with E-state index in [9.17, 15) is 22.4 Å². The maximum atomic E-state index is 13.4. The number of piperazine rings is 1. The summed E-state index contributed by atoms with van der Waals surface area (Å²) in [4.78, 5) is 17.6. The van der Waals surface area contributed by atoms with Gasteiger partial charge in [-0.3, -0.25) is 4.79 Å². The van der Waals surface area contributed by atoms with Crippen molar-refractivity contribution in [3.8, 4) is 0 Å². The van der Waals surface area contributed by atoms with E-state index in [0.717, 1.165) is 23.5 Å². The Balaban J connectivity index is 1.48. The first kappa shape index (κ1) is 22.3. The summed E-state index contributed by atoms with van der Waals surface area (Å²) in [6.45, 7) is 1.83. The number of carbonyl (C=O) groups is 1. The zero-order valence-electron chi connectivity index (χ0n) is 18.2. The maximum absolute atomic E-state index is 13.4. The van der Waals surface area contributed by atoms with Gasteiger partial charge in [-0.05, 0) is 66.6 Å². The van der Waals surface area contributed by atoms with Crippen LogP contribution in [0.1, 0.15) is 11.1 Å². The molecule has 2 aliphatic heterocycles. The van der Waals surface area contributed by atoms with Gasteiger partial charge < -0.3 is 15.1 Å². The molecule has 0 aromatic heterocycles. The van der Waals surface area contributed by atoms with Crippen molar-refractivity contribution >= 4 is 23.0 Å². The molecule has 0 unspecified atom stereocenters. The Hall–Kier alpha value is -3.55. The standard InChI is InChI=1S/C26H23F4N3O/c27-19-7-9-20(10-8-19)31-25(34)22-15-17-14-18(26(28,29)30)6-11-23(17)33-13-12-32(16-24(22)33)21-4-2-1-3-5-21/h1-11,14,22,24H,12-13,15-16H2,(H,31,34)/t22-,24-/m1/s1. The highest BCUT2D eigenvalue weighted by atomic mass is 19.4. The number of anilines is 3. The highest BCUT2D eigenvalue weighted by Crippen LogP contribution is 2.40. The van der Waals surface area contributed by atoms with E-state index in [1.807, 2.05) is 30.3 Å². The summed E-state index contributed by atoms with van der Waals surface area (Å²) in [6.07, 6.45) is -4.26. The molecule has 34 heavy (non-hydrogen) atoms. The molecule has 3 aromatic rings. The number of amides is 1. The summed E-state index contributed by atoms with van der Waals surface area (Å²) in [5.41, 5.74) is 2.03. The largest absolute Gasteiger partial charge is 0.416 e. The molecule has 2 aliphatic rings. The van der Waals surface area contributed by atoms with Crippen LogP contribution in [0, 0.1) is 11.7 Å². The summed E-state index contributed by atoms with van der Waals surface area (Å²) in [6, 6.07) is 18.9. The number of benzene rings is 3. The maximum Gasteiger partial charge on any atom is 0.416 e. The van der Waals surface area contributed by atoms with Crippen molar-refractivity contribution in [1.82, 2.24) is 0 Å². The highest BCUT2D eigenvalue weighted by molar-refractivity contribution is 5.94. The predicted molar refractivity (Wildman–Crippen MR) is 123 cm³/mol. The third kappa shape index (κ3) is 4.32. The molecule has 2 heterocycles. The van der Waals surface area contributed by atoms with Crippen LogP contribution in [-0.4, -0.2) is 31.6 Å². The van der Waals surface area contributed by atoms with Crippen molar-refractivity contribution in [3.05, 3.63) is 89.7 Å². The van der Waals surface area contributed by atoms with Gasteiger partial charge in [0.05, 0.1) is 17.5 Å². The van der Waals surface area contributed by atoms with E-state index in [0.29, 0.717) is 30.9 Å². The molecule has 8 heteroatoms. The molecule has 4 nitrogen and oxygen atoms in total. The number of rotatable bonds is 3. The van der Waals surface area contributed by atoms with Crippen LogP contribution in [0.5, 0.6) is 0 Å². The van der Waals surface area contributed by atoms with Crippen LogP contribution in [0.3, 0.4) is 0 Å². The summed E-state index contributed by atoms with van der Waals surface area (Å²) >= 11 is 0. The summed E-state index contributed by atoms with van der Waals surface area (Å²) < 4.78 is 53.4. The normalized spacial score (nSPS) is 19.9. The molecule has 5 rings (SSSR count). The van der Waals surface area contributed by atoms with Gasteiger partial charge >= 0.3 is 6.18 Å². The number of fused-ring (bicyclic) bond motifs is 3. The number of para-hydroxylation sites is 1. The van der Waals surface area contributed by atoms with Gasteiger partial charge in [0, 0.05) is 36.7 Å². The Kier molecular flexibility index (Phi) is 5.67. The zero-order valence-corrected chi connectivity index (χ0v) is 18.2. The molecule has 3 aromatic carbocycles. The Morgan fingerprint density at radius 1 is 0.941 bits per heavy atom. The summed E-state index contributed by atoms with van der Waals surface area (Å²) in [7, 11) is 0. The van der Waals surface area contributed by atoms with Crippen molar-refractivity contribution in [1.29, 1.82) is 0 Å². The van der Waals surface area contributed by atoms with Crippen molar-refractivity contribution < 1.29 is 22.4 Å². The number of alkyl halides is 3. The Labute approximate surface area is 194 Å². The number of halogens is 4. The van der Waals surface area contributed by atoms with Gasteiger partial charge in [0.25, 0.3) is 0 Å². The average molecular weight is 469 g/mol. The molecule has 0 radical (unpaired) electrons. The van der Waals surface area contributed by atoms with Crippen LogP contribution >= 0.6 is 0 Å². The predicted octanol–water partition coefficient (Wildman–Crippen LogP) is 5.35. The average Bonchev–Trinajstić information content (AvgIpc) is 2.84. The topological polar surface area (TPSA) is 35.6 Å². The second-order valence-corrected chi connectivity index (χ2v) is 8.69. The van der Waals surface area contributed by atoms with Gasteiger partial charge in [0.1, 0.15) is 5.82 Å². The SMILES string of the molecule is O=C(Nc1ccc(F)cc1)[C@@H]1Cc2cc(C(F)(F)F)ccc2N2CCN(c3ccccc3)C[C@H]12. The number of carbonyl (C=O) groups excluding carboxylic acids is 1. The van der Waals surface area contributed by atoms with Crippen LogP contribution in [-0.2, 0) is 17.4 Å². The lowest BCUT2D eigenvalue weighted by Crippen LogP contribution is -2.60. The molecule has 1 amide bonds. The van der Waals surface area contributed by atoms with Crippen LogP contribution < -0.4 is 15.1 Å². The first-order chi connectivity index (χ1) is 16.3. The Morgan fingerprint density at radius 3 is 2.38 bits per heavy atom. The van der Waals surface area contributed by atoms with Gasteiger partial charge in [-0.1, -0.05) is 18.2 Å². The molecule has 1 saturated heterocycles. The minimum Gasteiger partial charge on any atom is -0.368 e. The number of hydrogen-bond donors (Lipinski definition) is 1. The van der Waals surface area contributed by atoms with Gasteiger partial charge in [0.15, 0.2) is 0 Å². The molecule has 176 valence electrons. The van der Waals surface area contributed by atoms with Crippen molar-refractivity contribution in [2.45, 2.75) is 18.6 Å². The van der Waals surface area contributed by atoms with E-state index >= 15 is 0 Å². The van der Waals surface area contributed by atoms with Crippen molar-refractivity contribution in [3.63, 3.8) is 0 Å². The fourth-order valence-electron chi connectivity index (χ4n) is 4.94. The lowest BCUT2D eigenvalue weighted by Gasteiger charge is -2.49. The molecule has 0 bridgehead atoms. The highest BCUT2D eigenvalue weighted by Gasteiger charge is 2.42. The third-order valence-corrected chi connectivity index (χ3v) is 6.61. The second kappa shape index (κ2) is 8.66. The van der Waals surface area contributed by atoms with E-state index in [4.69, 9.17) is 0 Å². The van der Waals surface area contributed by atoms with E-state index in [1.165, 1.54) is 30.3 Å². The lowest BCUT2D eigenvalue weighted by atomic mass is 9.82. The van der Waals surface area contributed by atoms with E-state index in [1.54, 1.807) is 0 Å². The number of hydrogen-bond acceptors (Lipinski definition) is 3. The monoisotopic (exact) mass is 469 g/mol. The van der Waals surface area contributed by atoms with Gasteiger partial charge in [-0.25, -0.2) is 4.39 Å². The number of nitrogens with zero attached hydrogens (tertiary/aromatic N) is 2. The molecule has 0 aliphatic carbocycles. The third-order valence-electron chi connectivity index (χ3n) is 6.61. The van der Waals surface area contributed by atoms with Gasteiger partial charge in [0.2, 0.25) is 5.91 Å². The van der Waals surface area contributed by atoms with Crippen LogP contribution in [0.4, 0.5) is 34.6 Å². The van der Waals surface area contributed by atoms with Gasteiger partial charge in [-0.2, -0.15) is 13.2 Å². The Bertz CT molecular complexity index is 1180. The second-order valence-electron chi connectivity index (χ2n) is 8.69. The molecular formula is C26H23F4N3O. The van der Waals surface area contributed by atoms with E-state index in [2.05, 4.69) is 15.1 Å². The molecule has 1 fully saturated rings. The summed E-state index contributed by atoms with van der Waals surface area (Å²) in [5, 5.41) is 2.83. The van der Waals surface area contributed by atoms with E-state index < -0.39 is 23.5 Å².